The molecule has 0 heterocycles. The summed E-state index contributed by atoms with van der Waals surface area (Å²) in [6.45, 7) is 17.4. The van der Waals surface area contributed by atoms with E-state index in [0.29, 0.717) is 12.0 Å². The van der Waals surface area contributed by atoms with Gasteiger partial charge in [0.05, 0.1) is 0 Å². The van der Waals surface area contributed by atoms with E-state index in [9.17, 15) is 9.59 Å². The molecule has 2 N–H and O–H groups in total. The van der Waals surface area contributed by atoms with Crippen molar-refractivity contribution in [3.63, 3.8) is 0 Å². The summed E-state index contributed by atoms with van der Waals surface area (Å²) >= 11 is 0. The molecular formula is C42H79N3O2. The number of carbonyl (C=O) groups excluding carboxylic acids is 2. The van der Waals surface area contributed by atoms with Crippen molar-refractivity contribution in [2.45, 2.75) is 187 Å². The average Bonchev–Trinajstić information content (AvgIpc) is 3.07. The van der Waals surface area contributed by atoms with E-state index in [1.54, 1.807) is 13.2 Å². The topological polar surface area (TPSA) is 61.4 Å². The predicted octanol–water partition coefficient (Wildman–Crippen LogP) is 11.4. The summed E-state index contributed by atoms with van der Waals surface area (Å²) in [6.07, 6.45) is 37.4. The number of likely N-dealkylation sites (N-methyl/N-ethyl adjacent to an activating group) is 1. The molecule has 0 bridgehead atoms. The van der Waals surface area contributed by atoms with Crippen molar-refractivity contribution in [2.75, 3.05) is 33.2 Å². The third-order valence-corrected chi connectivity index (χ3v) is 9.46. The molecule has 0 aliphatic rings. The van der Waals surface area contributed by atoms with Crippen LogP contribution in [0.15, 0.2) is 36.2 Å². The highest BCUT2D eigenvalue weighted by Gasteiger charge is 2.07. The number of nitrogens with one attached hydrogen (secondary N) is 2. The van der Waals surface area contributed by atoms with Crippen LogP contribution in [0.5, 0.6) is 0 Å². The Morgan fingerprint density at radius 3 is 1.36 bits per heavy atom. The standard InChI is InChI=1S/C42H79N3O2/c1-6-8-10-12-13-16-19-24-31-40(4)32-25-27-35-45(36-28-33-44-37-41(43-5)42(47)38-46)34-26-21-18-15-14-17-20-23-30-39(3)29-22-11-9-7-2/h37-38,43-44H,3-4,6-36H2,1-2,5H3/b41-37-. The molecule has 0 rings (SSSR count). The Labute approximate surface area is 293 Å². The summed E-state index contributed by atoms with van der Waals surface area (Å²) in [5, 5.41) is 6.00. The lowest BCUT2D eigenvalue weighted by atomic mass is 10.0. The van der Waals surface area contributed by atoms with Gasteiger partial charge in [-0.05, 0) is 90.3 Å². The smallest absolute Gasteiger partial charge is 0.242 e. The summed E-state index contributed by atoms with van der Waals surface area (Å²) < 4.78 is 0. The van der Waals surface area contributed by atoms with Gasteiger partial charge in [-0.2, -0.15) is 0 Å². The fraction of sp³-hybridized carbons (Fsp3) is 0.810. The first kappa shape index (κ1) is 45.1. The number of aldehydes is 1. The fourth-order valence-corrected chi connectivity index (χ4v) is 6.29. The summed E-state index contributed by atoms with van der Waals surface area (Å²) in [4.78, 5) is 25.0. The van der Waals surface area contributed by atoms with Gasteiger partial charge < -0.3 is 15.5 Å². The van der Waals surface area contributed by atoms with Crippen LogP contribution >= 0.6 is 0 Å². The van der Waals surface area contributed by atoms with E-state index in [2.05, 4.69) is 42.5 Å². The highest BCUT2D eigenvalue weighted by atomic mass is 16.2. The number of carbonyl (C=O) groups is 2. The quantitative estimate of drug-likeness (QED) is 0.0227. The lowest BCUT2D eigenvalue weighted by molar-refractivity contribution is -0.127. The molecule has 0 aromatic carbocycles. The van der Waals surface area contributed by atoms with E-state index in [0.717, 1.165) is 26.1 Å². The maximum absolute atomic E-state index is 11.6. The SMILES string of the molecule is C=C(CCCCCC)CCCCCCCCCCN(CCCCC(=C)CCCCCCCCCC)CCCN/C=C(\NC)C(=O)C=O. The molecule has 0 saturated heterocycles. The summed E-state index contributed by atoms with van der Waals surface area (Å²) in [7, 11) is 1.66. The minimum atomic E-state index is -0.523. The normalized spacial score (nSPS) is 11.6. The second kappa shape index (κ2) is 35.4. The minimum absolute atomic E-state index is 0.312. The number of hydrogen-bond donors (Lipinski definition) is 2. The number of Topliss-reactive ketones (excluding diaryl/α,β-unsaturated/α-hetero) is 1. The van der Waals surface area contributed by atoms with Crippen LogP contribution in [0.2, 0.25) is 0 Å². The lowest BCUT2D eigenvalue weighted by Gasteiger charge is -2.22. The van der Waals surface area contributed by atoms with Crippen molar-refractivity contribution < 1.29 is 9.59 Å². The largest absolute Gasteiger partial charge is 0.389 e. The minimum Gasteiger partial charge on any atom is -0.389 e. The van der Waals surface area contributed by atoms with Gasteiger partial charge in [0.15, 0.2) is 6.29 Å². The molecule has 0 amide bonds. The Bertz CT molecular complexity index is 791. The van der Waals surface area contributed by atoms with Crippen LogP contribution < -0.4 is 10.6 Å². The lowest BCUT2D eigenvalue weighted by Crippen LogP contribution is -2.29. The van der Waals surface area contributed by atoms with Crippen molar-refractivity contribution in [3.8, 4) is 0 Å². The maximum atomic E-state index is 11.6. The van der Waals surface area contributed by atoms with E-state index >= 15 is 0 Å². The third kappa shape index (κ3) is 31.2. The van der Waals surface area contributed by atoms with Gasteiger partial charge in [-0.1, -0.05) is 141 Å². The fourth-order valence-electron chi connectivity index (χ4n) is 6.29. The zero-order valence-electron chi connectivity index (χ0n) is 31.8. The summed E-state index contributed by atoms with van der Waals surface area (Å²) in [6, 6.07) is 0. The maximum Gasteiger partial charge on any atom is 0.242 e. The average molecular weight is 658 g/mol. The van der Waals surface area contributed by atoms with Crippen LogP contribution in [0.25, 0.3) is 0 Å². The number of nitrogens with zero attached hydrogens (tertiary/aromatic N) is 1. The van der Waals surface area contributed by atoms with Crippen molar-refractivity contribution in [2.24, 2.45) is 0 Å². The summed E-state index contributed by atoms with van der Waals surface area (Å²) in [5.74, 6) is -0.523. The molecule has 0 aromatic rings. The number of ketones is 1. The van der Waals surface area contributed by atoms with Crippen molar-refractivity contribution in [3.05, 3.63) is 36.2 Å². The van der Waals surface area contributed by atoms with Crippen LogP contribution in [0, 0.1) is 0 Å². The van der Waals surface area contributed by atoms with Gasteiger partial charge in [0.2, 0.25) is 5.78 Å². The Morgan fingerprint density at radius 2 is 0.915 bits per heavy atom. The Hall–Kier alpha value is -1.88. The van der Waals surface area contributed by atoms with E-state index < -0.39 is 5.78 Å². The monoisotopic (exact) mass is 658 g/mol. The number of allylic oxidation sites excluding steroid dienone is 3. The van der Waals surface area contributed by atoms with E-state index in [-0.39, 0.29) is 0 Å². The first-order valence-corrected chi connectivity index (χ1v) is 20.1. The molecule has 5 heteroatoms. The third-order valence-electron chi connectivity index (χ3n) is 9.46. The van der Waals surface area contributed by atoms with Crippen molar-refractivity contribution in [1.29, 1.82) is 0 Å². The highest BCUT2D eigenvalue weighted by Crippen LogP contribution is 2.18. The zero-order chi connectivity index (χ0) is 34.6. The molecule has 0 atom stereocenters. The number of rotatable bonds is 38. The Balaban J connectivity index is 4.23. The van der Waals surface area contributed by atoms with Gasteiger partial charge in [0.25, 0.3) is 0 Å². The van der Waals surface area contributed by atoms with E-state index in [4.69, 9.17) is 0 Å². The van der Waals surface area contributed by atoms with Crippen molar-refractivity contribution in [1.82, 2.24) is 15.5 Å². The highest BCUT2D eigenvalue weighted by molar-refractivity contribution is 6.32. The molecule has 0 spiro atoms. The second-order valence-corrected chi connectivity index (χ2v) is 14.0. The van der Waals surface area contributed by atoms with Crippen LogP contribution in [0.3, 0.4) is 0 Å². The van der Waals surface area contributed by atoms with E-state index in [1.807, 2.05) is 0 Å². The molecule has 0 unspecified atom stereocenters. The van der Waals surface area contributed by atoms with Gasteiger partial charge in [-0.15, -0.1) is 0 Å². The first-order chi connectivity index (χ1) is 23.0. The Kier molecular flexibility index (Phi) is 34.0. The molecule has 274 valence electrons. The second-order valence-electron chi connectivity index (χ2n) is 14.0. The van der Waals surface area contributed by atoms with Crippen molar-refractivity contribution >= 4 is 12.1 Å². The van der Waals surface area contributed by atoms with Gasteiger partial charge in [0.1, 0.15) is 5.70 Å². The molecule has 0 aromatic heterocycles. The molecule has 0 fully saturated rings. The van der Waals surface area contributed by atoms with E-state index in [1.165, 1.54) is 185 Å². The number of unbranched alkanes of at least 4 members (excludes halogenated alkanes) is 18. The van der Waals surface area contributed by atoms with Crippen LogP contribution in [-0.2, 0) is 9.59 Å². The molecule has 0 radical (unpaired) electrons. The molecule has 5 nitrogen and oxygen atoms in total. The molecule has 47 heavy (non-hydrogen) atoms. The molecule has 0 aliphatic carbocycles. The summed E-state index contributed by atoms with van der Waals surface area (Å²) in [5.41, 5.74) is 3.22. The molecular weight excluding hydrogens is 578 g/mol. The van der Waals surface area contributed by atoms with Gasteiger partial charge in [0, 0.05) is 19.8 Å². The molecule has 0 aliphatic heterocycles. The predicted molar refractivity (Wildman–Crippen MR) is 207 cm³/mol. The zero-order valence-corrected chi connectivity index (χ0v) is 31.8. The van der Waals surface area contributed by atoms with Gasteiger partial charge in [-0.25, -0.2) is 0 Å². The van der Waals surface area contributed by atoms with Gasteiger partial charge in [-0.3, -0.25) is 9.59 Å². The first-order valence-electron chi connectivity index (χ1n) is 20.1. The van der Waals surface area contributed by atoms with Crippen LogP contribution in [0.1, 0.15) is 187 Å². The van der Waals surface area contributed by atoms with Gasteiger partial charge >= 0.3 is 0 Å². The Morgan fingerprint density at radius 1 is 0.553 bits per heavy atom. The van der Waals surface area contributed by atoms with Crippen LogP contribution in [-0.4, -0.2) is 50.2 Å². The number of hydrogen-bond acceptors (Lipinski definition) is 5. The van der Waals surface area contributed by atoms with Crippen LogP contribution in [0.4, 0.5) is 0 Å². The molecule has 0 saturated carbocycles.